The Labute approximate surface area is 396 Å². The zero-order valence-corrected chi connectivity index (χ0v) is 38.7. The van der Waals surface area contributed by atoms with E-state index in [1.165, 1.54) is 33.2 Å². The van der Waals surface area contributed by atoms with E-state index in [4.69, 9.17) is 4.74 Å². The van der Waals surface area contributed by atoms with E-state index in [0.717, 1.165) is 67.2 Å². The third kappa shape index (κ3) is 10.4. The lowest BCUT2D eigenvalue weighted by atomic mass is 9.91. The minimum absolute atomic E-state index is 0.433. The first-order valence-corrected chi connectivity index (χ1v) is 23.1. The van der Waals surface area contributed by atoms with Crippen molar-refractivity contribution in [2.45, 2.75) is 26.7 Å². The molecule has 0 fully saturated rings. The molecule has 0 heterocycles. The van der Waals surface area contributed by atoms with Gasteiger partial charge in [-0.3, -0.25) is 0 Å². The standard InChI is InChI=1S/C65H55NO/c1-47(2)50-33-40-59(41-34-50)66(58-38-29-49(30-39-58)17-16-26-61(52-20-10-6-11-21-52)53-22-12-7-13-23-53)65-44-37-56(62-24-14-15-25-63(62)65)45-57(51-18-8-5-9-19-51)46-64(54-31-27-48(3)28-32-54)55-35-42-60(67-4)43-36-55/h5-47H,1-4H3. The molecule has 0 atom stereocenters. The van der Waals surface area contributed by atoms with E-state index in [-0.39, 0.29) is 0 Å². The van der Waals surface area contributed by atoms with E-state index in [9.17, 15) is 0 Å². The molecule has 0 saturated heterocycles. The Morgan fingerprint density at radius 1 is 0.478 bits per heavy atom. The summed E-state index contributed by atoms with van der Waals surface area (Å²) in [5.74, 6) is 1.27. The van der Waals surface area contributed by atoms with E-state index in [2.05, 4.69) is 268 Å². The van der Waals surface area contributed by atoms with Crippen LogP contribution in [0.1, 0.15) is 69.8 Å². The smallest absolute Gasteiger partial charge is 0.118 e. The lowest BCUT2D eigenvalue weighted by Crippen LogP contribution is -2.11. The fourth-order valence-corrected chi connectivity index (χ4v) is 8.65. The highest BCUT2D eigenvalue weighted by Gasteiger charge is 2.18. The normalized spacial score (nSPS) is 11.8. The van der Waals surface area contributed by atoms with Gasteiger partial charge in [0.05, 0.1) is 12.8 Å². The fraction of sp³-hybridized carbons (Fsp3) is 0.0769. The fourth-order valence-electron chi connectivity index (χ4n) is 8.65. The van der Waals surface area contributed by atoms with Crippen molar-refractivity contribution < 1.29 is 4.74 Å². The van der Waals surface area contributed by atoms with Gasteiger partial charge in [-0.25, -0.2) is 0 Å². The molecule has 0 amide bonds. The van der Waals surface area contributed by atoms with Crippen LogP contribution in [-0.2, 0) is 0 Å². The van der Waals surface area contributed by atoms with Crippen LogP contribution in [0.15, 0.2) is 243 Å². The maximum absolute atomic E-state index is 5.55. The van der Waals surface area contributed by atoms with Crippen LogP contribution in [0.2, 0.25) is 0 Å². The molecule has 67 heavy (non-hydrogen) atoms. The number of benzene rings is 9. The van der Waals surface area contributed by atoms with Gasteiger partial charge in [0.15, 0.2) is 0 Å². The van der Waals surface area contributed by atoms with Gasteiger partial charge in [-0.05, 0) is 134 Å². The Morgan fingerprint density at radius 2 is 0.985 bits per heavy atom. The molecule has 0 aromatic heterocycles. The maximum atomic E-state index is 5.55. The highest BCUT2D eigenvalue weighted by atomic mass is 16.5. The van der Waals surface area contributed by atoms with Gasteiger partial charge in [0, 0.05) is 16.8 Å². The third-order valence-corrected chi connectivity index (χ3v) is 12.3. The summed E-state index contributed by atoms with van der Waals surface area (Å²) in [6.45, 7) is 6.62. The first-order chi connectivity index (χ1) is 32.9. The van der Waals surface area contributed by atoms with Crippen molar-refractivity contribution >= 4 is 56.7 Å². The predicted molar refractivity (Wildman–Crippen MR) is 287 cm³/mol. The number of anilines is 3. The van der Waals surface area contributed by atoms with Gasteiger partial charge in [-0.15, -0.1) is 0 Å². The van der Waals surface area contributed by atoms with Gasteiger partial charge in [-0.1, -0.05) is 220 Å². The van der Waals surface area contributed by atoms with E-state index < -0.39 is 0 Å². The van der Waals surface area contributed by atoms with Gasteiger partial charge < -0.3 is 9.64 Å². The van der Waals surface area contributed by atoms with Crippen molar-refractivity contribution in [1.29, 1.82) is 0 Å². The minimum Gasteiger partial charge on any atom is -0.497 e. The maximum Gasteiger partial charge on any atom is 0.118 e. The van der Waals surface area contributed by atoms with Crippen LogP contribution in [0.5, 0.6) is 5.75 Å². The monoisotopic (exact) mass is 865 g/mol. The van der Waals surface area contributed by atoms with Crippen molar-refractivity contribution in [3.63, 3.8) is 0 Å². The number of rotatable bonds is 14. The molecule has 0 saturated carbocycles. The van der Waals surface area contributed by atoms with Crippen molar-refractivity contribution in [2.75, 3.05) is 12.0 Å². The number of methoxy groups -OCH3 is 1. The summed E-state index contributed by atoms with van der Waals surface area (Å²) in [5.41, 5.74) is 17.3. The van der Waals surface area contributed by atoms with Crippen molar-refractivity contribution in [1.82, 2.24) is 0 Å². The van der Waals surface area contributed by atoms with E-state index in [1.54, 1.807) is 7.11 Å². The van der Waals surface area contributed by atoms with Crippen molar-refractivity contribution in [3.8, 4) is 5.75 Å². The summed E-state index contributed by atoms with van der Waals surface area (Å²) in [5, 5.41) is 2.34. The number of allylic oxidation sites excluding steroid dienone is 4. The molecule has 0 spiro atoms. The summed E-state index contributed by atoms with van der Waals surface area (Å²) >= 11 is 0. The Bertz CT molecular complexity index is 3140. The lowest BCUT2D eigenvalue weighted by molar-refractivity contribution is 0.415. The average molecular weight is 866 g/mol. The van der Waals surface area contributed by atoms with Gasteiger partial charge >= 0.3 is 0 Å². The summed E-state index contributed by atoms with van der Waals surface area (Å²) in [6.07, 6.45) is 11.2. The second-order valence-electron chi connectivity index (χ2n) is 17.2. The van der Waals surface area contributed by atoms with Gasteiger partial charge in [0.1, 0.15) is 5.75 Å². The second-order valence-corrected chi connectivity index (χ2v) is 17.2. The summed E-state index contributed by atoms with van der Waals surface area (Å²) < 4.78 is 5.55. The molecule has 0 unspecified atom stereocenters. The first-order valence-electron chi connectivity index (χ1n) is 23.1. The molecule has 9 aromatic carbocycles. The van der Waals surface area contributed by atoms with Crippen LogP contribution in [0.4, 0.5) is 17.1 Å². The van der Waals surface area contributed by atoms with Gasteiger partial charge in [0.2, 0.25) is 0 Å². The van der Waals surface area contributed by atoms with Crippen molar-refractivity contribution in [2.24, 2.45) is 0 Å². The quantitative estimate of drug-likeness (QED) is 0.0798. The minimum atomic E-state index is 0.433. The zero-order chi connectivity index (χ0) is 46.0. The lowest BCUT2D eigenvalue weighted by Gasteiger charge is -2.28. The van der Waals surface area contributed by atoms with Crippen LogP contribution in [0.25, 0.3) is 39.6 Å². The Kier molecular flexibility index (Phi) is 13.6. The van der Waals surface area contributed by atoms with Crippen LogP contribution in [0.3, 0.4) is 0 Å². The average Bonchev–Trinajstić information content (AvgIpc) is 3.39. The molecule has 0 bridgehead atoms. The second kappa shape index (κ2) is 20.7. The molecule has 9 aromatic rings. The third-order valence-electron chi connectivity index (χ3n) is 12.3. The number of hydrogen-bond acceptors (Lipinski definition) is 2. The van der Waals surface area contributed by atoms with Crippen LogP contribution in [-0.4, -0.2) is 7.11 Å². The zero-order valence-electron chi connectivity index (χ0n) is 38.7. The Hall–Kier alpha value is -8.20. The molecule has 2 nitrogen and oxygen atoms in total. The van der Waals surface area contributed by atoms with E-state index >= 15 is 0 Å². The molecular weight excluding hydrogens is 811 g/mol. The highest BCUT2D eigenvalue weighted by molar-refractivity contribution is 6.06. The number of fused-ring (bicyclic) bond motifs is 1. The number of nitrogens with zero attached hydrogens (tertiary/aromatic N) is 1. The molecule has 0 radical (unpaired) electrons. The van der Waals surface area contributed by atoms with Crippen LogP contribution in [0, 0.1) is 6.92 Å². The van der Waals surface area contributed by atoms with E-state index in [1.807, 2.05) is 12.1 Å². The highest BCUT2D eigenvalue weighted by Crippen LogP contribution is 2.41. The predicted octanol–water partition coefficient (Wildman–Crippen LogP) is 17.6. The van der Waals surface area contributed by atoms with E-state index in [0.29, 0.717) is 5.92 Å². The summed E-state index contributed by atoms with van der Waals surface area (Å²) in [4.78, 5) is 2.40. The van der Waals surface area contributed by atoms with Gasteiger partial charge in [-0.2, -0.15) is 0 Å². The molecule has 0 aliphatic carbocycles. The molecule has 0 aliphatic heterocycles. The van der Waals surface area contributed by atoms with Gasteiger partial charge in [0.25, 0.3) is 0 Å². The first kappa shape index (κ1) is 44.0. The summed E-state index contributed by atoms with van der Waals surface area (Å²) in [6, 6.07) is 80.4. The Balaban J connectivity index is 1.14. The van der Waals surface area contributed by atoms with Crippen LogP contribution >= 0.6 is 0 Å². The number of ether oxygens (including phenoxy) is 1. The topological polar surface area (TPSA) is 12.5 Å². The molecule has 2 heteroatoms. The molecule has 0 N–H and O–H groups in total. The molecule has 326 valence electrons. The van der Waals surface area contributed by atoms with Crippen molar-refractivity contribution in [3.05, 3.63) is 293 Å². The summed E-state index contributed by atoms with van der Waals surface area (Å²) in [7, 11) is 1.71. The number of hydrogen-bond donors (Lipinski definition) is 0. The molecular formula is C65H55NO. The largest absolute Gasteiger partial charge is 0.497 e. The van der Waals surface area contributed by atoms with Crippen LogP contribution < -0.4 is 9.64 Å². The Morgan fingerprint density at radius 3 is 1.55 bits per heavy atom. The molecule has 9 rings (SSSR count). The molecule has 0 aliphatic rings. The SMILES string of the molecule is COc1ccc(C(=CC(=Cc2ccc(N(c3ccc(C=CC=C(c4ccccc4)c4ccccc4)cc3)c3ccc(C(C)C)cc3)c3ccccc23)c2ccccc2)c2ccc(C)cc2)cc1. The number of aryl methyl sites for hydroxylation is 1.